The zero-order valence-electron chi connectivity index (χ0n) is 14.3. The second kappa shape index (κ2) is 6.76. The molecule has 1 amide bonds. The Bertz CT molecular complexity index is 1050. The molecule has 4 aromatic rings. The highest BCUT2D eigenvalue weighted by atomic mass is 16.5. The van der Waals surface area contributed by atoms with Crippen LogP contribution in [0, 0.1) is 0 Å². The third-order valence-corrected chi connectivity index (χ3v) is 4.00. The van der Waals surface area contributed by atoms with E-state index in [0.29, 0.717) is 18.1 Å². The number of anilines is 1. The minimum Gasteiger partial charge on any atom is -0.494 e. The van der Waals surface area contributed by atoms with Crippen molar-refractivity contribution in [2.75, 3.05) is 11.9 Å². The fraction of sp³-hybridized carbons (Fsp3) is 0.100. The van der Waals surface area contributed by atoms with Crippen molar-refractivity contribution in [2.24, 2.45) is 0 Å². The molecule has 0 aliphatic heterocycles. The minimum absolute atomic E-state index is 0.238. The van der Waals surface area contributed by atoms with Crippen molar-refractivity contribution in [1.29, 1.82) is 0 Å². The number of hydrogen-bond donors (Lipinski definition) is 2. The molecule has 0 unspecified atom stereocenters. The van der Waals surface area contributed by atoms with Gasteiger partial charge in [0.1, 0.15) is 11.4 Å². The van der Waals surface area contributed by atoms with Gasteiger partial charge in [0.15, 0.2) is 5.82 Å². The number of carbonyl (C=O) groups excluding carboxylic acids is 1. The van der Waals surface area contributed by atoms with Crippen molar-refractivity contribution in [3.05, 3.63) is 72.6 Å². The summed E-state index contributed by atoms with van der Waals surface area (Å²) in [6.07, 6.45) is 1.81. The lowest BCUT2D eigenvalue weighted by Gasteiger charge is -2.02. The summed E-state index contributed by atoms with van der Waals surface area (Å²) in [6, 6.07) is 19.0. The van der Waals surface area contributed by atoms with Gasteiger partial charge in [-0.3, -0.25) is 4.79 Å². The van der Waals surface area contributed by atoms with Gasteiger partial charge in [0.2, 0.25) is 0 Å². The zero-order valence-corrected chi connectivity index (χ0v) is 14.3. The number of aromatic amines is 1. The van der Waals surface area contributed by atoms with E-state index in [1.54, 1.807) is 10.7 Å². The Morgan fingerprint density at radius 1 is 1.15 bits per heavy atom. The van der Waals surface area contributed by atoms with Crippen molar-refractivity contribution in [1.82, 2.24) is 14.8 Å². The summed E-state index contributed by atoms with van der Waals surface area (Å²) in [4.78, 5) is 15.6. The zero-order chi connectivity index (χ0) is 17.9. The highest BCUT2D eigenvalue weighted by Crippen LogP contribution is 2.22. The molecule has 4 rings (SSSR count). The first-order valence-corrected chi connectivity index (χ1v) is 8.41. The molecule has 0 aliphatic rings. The van der Waals surface area contributed by atoms with E-state index in [0.717, 1.165) is 22.3 Å². The molecular formula is C20H18N4O2. The first kappa shape index (κ1) is 16.0. The Morgan fingerprint density at radius 3 is 2.81 bits per heavy atom. The fourth-order valence-electron chi connectivity index (χ4n) is 2.78. The number of ether oxygens (including phenoxy) is 1. The van der Waals surface area contributed by atoms with Gasteiger partial charge in [-0.05, 0) is 37.3 Å². The molecule has 2 aromatic heterocycles. The first-order valence-electron chi connectivity index (χ1n) is 8.41. The van der Waals surface area contributed by atoms with E-state index in [9.17, 15) is 4.79 Å². The summed E-state index contributed by atoms with van der Waals surface area (Å²) < 4.78 is 7.21. The average Bonchev–Trinajstić information content (AvgIpc) is 3.29. The number of rotatable bonds is 5. The van der Waals surface area contributed by atoms with Crippen LogP contribution < -0.4 is 10.1 Å². The van der Waals surface area contributed by atoms with Crippen molar-refractivity contribution in [3.63, 3.8) is 0 Å². The van der Waals surface area contributed by atoms with Crippen LogP contribution in [0.25, 0.3) is 16.6 Å². The molecule has 2 N–H and O–H groups in total. The minimum atomic E-state index is -0.238. The molecule has 0 aliphatic carbocycles. The summed E-state index contributed by atoms with van der Waals surface area (Å²) in [6.45, 7) is 2.54. The predicted octanol–water partition coefficient (Wildman–Crippen LogP) is 4.00. The number of nitrogens with zero attached hydrogens (tertiary/aromatic N) is 2. The van der Waals surface area contributed by atoms with Crippen LogP contribution >= 0.6 is 0 Å². The number of amides is 1. The van der Waals surface area contributed by atoms with E-state index in [4.69, 9.17) is 4.74 Å². The van der Waals surface area contributed by atoms with Crippen LogP contribution in [-0.2, 0) is 0 Å². The number of benzene rings is 2. The number of H-pyrrole nitrogens is 1. The van der Waals surface area contributed by atoms with E-state index < -0.39 is 0 Å². The van der Waals surface area contributed by atoms with Crippen LogP contribution in [0.5, 0.6) is 5.75 Å². The molecule has 6 nitrogen and oxygen atoms in total. The number of aromatic nitrogens is 3. The van der Waals surface area contributed by atoms with Crippen LogP contribution in [0.3, 0.4) is 0 Å². The molecule has 130 valence electrons. The number of nitrogens with one attached hydrogen (secondary N) is 2. The predicted molar refractivity (Wildman–Crippen MR) is 101 cm³/mol. The molecule has 0 radical (unpaired) electrons. The second-order valence-corrected chi connectivity index (χ2v) is 5.80. The Hall–Kier alpha value is -3.54. The van der Waals surface area contributed by atoms with Gasteiger partial charge < -0.3 is 15.0 Å². The standard InChI is InChI=1S/C20H18N4O2/c1-2-26-16-9-8-14-12-18(21-17(14)13-16)20(25)22-19-10-11-24(23-19)15-6-4-3-5-7-15/h3-13,21H,2H2,1H3,(H,22,23,25). The van der Waals surface area contributed by atoms with Crippen LogP contribution in [0.2, 0.25) is 0 Å². The summed E-state index contributed by atoms with van der Waals surface area (Å²) >= 11 is 0. The van der Waals surface area contributed by atoms with Gasteiger partial charge in [-0.2, -0.15) is 5.10 Å². The Morgan fingerprint density at radius 2 is 2.00 bits per heavy atom. The summed E-state index contributed by atoms with van der Waals surface area (Å²) in [5.41, 5.74) is 2.26. The summed E-state index contributed by atoms with van der Waals surface area (Å²) in [7, 11) is 0. The van der Waals surface area contributed by atoms with Gasteiger partial charge in [0, 0.05) is 29.2 Å². The molecule has 0 saturated carbocycles. The summed E-state index contributed by atoms with van der Waals surface area (Å²) in [5, 5.41) is 8.16. The van der Waals surface area contributed by atoms with Crippen molar-refractivity contribution in [3.8, 4) is 11.4 Å². The molecule has 0 bridgehead atoms. The van der Waals surface area contributed by atoms with Crippen LogP contribution in [0.4, 0.5) is 5.82 Å². The van der Waals surface area contributed by atoms with Crippen LogP contribution in [-0.4, -0.2) is 27.3 Å². The van der Waals surface area contributed by atoms with Crippen LogP contribution in [0.1, 0.15) is 17.4 Å². The molecule has 2 heterocycles. The van der Waals surface area contributed by atoms with Gasteiger partial charge in [0.25, 0.3) is 5.91 Å². The third kappa shape index (κ3) is 3.17. The average molecular weight is 346 g/mol. The molecular weight excluding hydrogens is 328 g/mol. The van der Waals surface area contributed by atoms with E-state index in [-0.39, 0.29) is 5.91 Å². The molecule has 2 aromatic carbocycles. The fourth-order valence-corrected chi connectivity index (χ4v) is 2.78. The van der Waals surface area contributed by atoms with Gasteiger partial charge in [0.05, 0.1) is 12.3 Å². The normalized spacial score (nSPS) is 10.8. The Balaban J connectivity index is 1.53. The molecule has 26 heavy (non-hydrogen) atoms. The number of carbonyl (C=O) groups is 1. The topological polar surface area (TPSA) is 71.9 Å². The maximum atomic E-state index is 12.5. The number of para-hydroxylation sites is 1. The maximum absolute atomic E-state index is 12.5. The van der Waals surface area contributed by atoms with Gasteiger partial charge in [-0.25, -0.2) is 4.68 Å². The SMILES string of the molecule is CCOc1ccc2cc(C(=O)Nc3ccn(-c4ccccc4)n3)[nH]c2c1. The molecule has 0 spiro atoms. The Kier molecular flexibility index (Phi) is 4.15. The van der Waals surface area contributed by atoms with E-state index in [1.165, 1.54) is 0 Å². The molecule has 0 atom stereocenters. The van der Waals surface area contributed by atoms with Crippen molar-refractivity contribution >= 4 is 22.6 Å². The maximum Gasteiger partial charge on any atom is 0.273 e. The third-order valence-electron chi connectivity index (χ3n) is 4.00. The quantitative estimate of drug-likeness (QED) is 0.574. The second-order valence-electron chi connectivity index (χ2n) is 5.80. The Labute approximate surface area is 150 Å². The highest BCUT2D eigenvalue weighted by Gasteiger charge is 2.12. The largest absolute Gasteiger partial charge is 0.494 e. The van der Waals surface area contributed by atoms with E-state index in [2.05, 4.69) is 15.4 Å². The van der Waals surface area contributed by atoms with Crippen molar-refractivity contribution < 1.29 is 9.53 Å². The lowest BCUT2D eigenvalue weighted by molar-refractivity contribution is 0.102. The molecule has 0 fully saturated rings. The molecule has 0 saturated heterocycles. The smallest absolute Gasteiger partial charge is 0.273 e. The van der Waals surface area contributed by atoms with Gasteiger partial charge >= 0.3 is 0 Å². The lowest BCUT2D eigenvalue weighted by atomic mass is 10.2. The number of fused-ring (bicyclic) bond motifs is 1. The monoisotopic (exact) mass is 346 g/mol. The van der Waals surface area contributed by atoms with Crippen LogP contribution in [0.15, 0.2) is 66.9 Å². The number of hydrogen-bond acceptors (Lipinski definition) is 3. The van der Waals surface area contributed by atoms with E-state index in [1.807, 2.05) is 67.7 Å². The van der Waals surface area contributed by atoms with Gasteiger partial charge in [-0.1, -0.05) is 18.2 Å². The van der Waals surface area contributed by atoms with Crippen molar-refractivity contribution in [2.45, 2.75) is 6.92 Å². The first-order chi connectivity index (χ1) is 12.7. The van der Waals surface area contributed by atoms with Gasteiger partial charge in [-0.15, -0.1) is 0 Å². The molecule has 6 heteroatoms. The summed E-state index contributed by atoms with van der Waals surface area (Å²) in [5.74, 6) is 1.03. The van der Waals surface area contributed by atoms with E-state index >= 15 is 0 Å². The highest BCUT2D eigenvalue weighted by molar-refractivity contribution is 6.05. The lowest BCUT2D eigenvalue weighted by Crippen LogP contribution is -2.12.